The third-order valence-electron chi connectivity index (χ3n) is 7.28. The van der Waals surface area contributed by atoms with E-state index in [2.05, 4.69) is 35.5 Å². The number of hydrogen-bond donors (Lipinski definition) is 4. The molecular weight excluding hydrogens is 569 g/mol. The van der Waals surface area contributed by atoms with Gasteiger partial charge in [-0.05, 0) is 42.5 Å². The molecule has 3 aromatic heterocycles. The van der Waals surface area contributed by atoms with Crippen molar-refractivity contribution in [3.05, 3.63) is 54.1 Å². The van der Waals surface area contributed by atoms with E-state index in [-0.39, 0.29) is 35.4 Å². The van der Waals surface area contributed by atoms with Crippen LogP contribution in [0.4, 0.5) is 35.3 Å². The number of methoxy groups -OCH3 is 1. The topological polar surface area (TPSA) is 168 Å². The molecule has 3 aromatic rings. The van der Waals surface area contributed by atoms with E-state index in [0.717, 1.165) is 18.3 Å². The summed E-state index contributed by atoms with van der Waals surface area (Å²) >= 11 is 0. The summed E-state index contributed by atoms with van der Waals surface area (Å²) in [5, 5.41) is 14.9. The van der Waals surface area contributed by atoms with Crippen molar-refractivity contribution in [1.29, 1.82) is 0 Å². The van der Waals surface area contributed by atoms with E-state index >= 15 is 0 Å². The second-order valence-corrected chi connectivity index (χ2v) is 11.4. The molecule has 230 valence electrons. The molecule has 2 unspecified atom stereocenters. The van der Waals surface area contributed by atoms with Crippen molar-refractivity contribution in [2.24, 2.45) is 5.41 Å². The van der Waals surface area contributed by atoms with Crippen molar-refractivity contribution < 1.29 is 32.6 Å². The number of alkyl halides is 3. The minimum atomic E-state index is -4.71. The largest absolute Gasteiger partial charge is 0.465 e. The molecule has 1 fully saturated rings. The number of nitrogens with zero attached hydrogens (tertiary/aromatic N) is 5. The second-order valence-electron chi connectivity index (χ2n) is 11.4. The molecule has 0 radical (unpaired) electrons. The van der Waals surface area contributed by atoms with Crippen LogP contribution >= 0.6 is 0 Å². The molecular formula is C28H33F3N8O4. The van der Waals surface area contributed by atoms with Crippen LogP contribution in [-0.2, 0) is 10.9 Å². The van der Waals surface area contributed by atoms with Crippen LogP contribution in [0.15, 0.2) is 42.9 Å². The Kier molecular flexibility index (Phi) is 8.76. The summed E-state index contributed by atoms with van der Waals surface area (Å²) in [5.41, 5.74) is 3.11. The van der Waals surface area contributed by atoms with Gasteiger partial charge in [-0.2, -0.15) is 13.2 Å². The highest BCUT2D eigenvalue weighted by Gasteiger charge is 2.46. The number of carboxylic acid groups (broad SMARTS) is 1. The molecule has 4 heterocycles. The van der Waals surface area contributed by atoms with E-state index in [4.69, 9.17) is 10.5 Å². The van der Waals surface area contributed by atoms with E-state index in [1.807, 2.05) is 20.8 Å². The average molecular weight is 603 g/mol. The van der Waals surface area contributed by atoms with Crippen molar-refractivity contribution in [2.45, 2.75) is 51.4 Å². The molecule has 0 saturated carbocycles. The van der Waals surface area contributed by atoms with E-state index in [0.29, 0.717) is 25.1 Å². The predicted molar refractivity (Wildman–Crippen MR) is 152 cm³/mol. The summed E-state index contributed by atoms with van der Waals surface area (Å²) in [6.07, 6.45) is -1.36. The summed E-state index contributed by atoms with van der Waals surface area (Å²) in [6, 6.07) is 5.25. The van der Waals surface area contributed by atoms with Gasteiger partial charge in [0.2, 0.25) is 0 Å². The van der Waals surface area contributed by atoms with Gasteiger partial charge >= 0.3 is 12.3 Å². The summed E-state index contributed by atoms with van der Waals surface area (Å²) < 4.78 is 46.2. The Bertz CT molecular complexity index is 1500. The Morgan fingerprint density at radius 3 is 2.51 bits per heavy atom. The lowest BCUT2D eigenvalue weighted by Gasteiger charge is -2.51. The van der Waals surface area contributed by atoms with Crippen molar-refractivity contribution in [2.75, 3.05) is 36.2 Å². The van der Waals surface area contributed by atoms with Gasteiger partial charge in [-0.25, -0.2) is 19.7 Å². The van der Waals surface area contributed by atoms with Crippen LogP contribution in [0.25, 0.3) is 11.4 Å². The first-order valence-electron chi connectivity index (χ1n) is 13.3. The molecule has 0 aromatic carbocycles. The first kappa shape index (κ1) is 31.4. The highest BCUT2D eigenvalue weighted by Crippen LogP contribution is 2.41. The van der Waals surface area contributed by atoms with Crippen molar-refractivity contribution >= 4 is 29.3 Å². The minimum absolute atomic E-state index is 0.160. The second kappa shape index (κ2) is 12.0. The van der Waals surface area contributed by atoms with Gasteiger partial charge in [0.15, 0.2) is 17.3 Å². The predicted octanol–water partition coefficient (Wildman–Crippen LogP) is 4.45. The van der Waals surface area contributed by atoms with Gasteiger partial charge in [-0.3, -0.25) is 9.78 Å². The number of ether oxygens (including phenoxy) is 1. The molecule has 2 atom stereocenters. The van der Waals surface area contributed by atoms with Crippen LogP contribution < -0.4 is 21.3 Å². The number of aromatic nitrogens is 4. The van der Waals surface area contributed by atoms with Gasteiger partial charge in [-0.1, -0.05) is 20.8 Å². The van der Waals surface area contributed by atoms with E-state index in [1.165, 1.54) is 19.5 Å². The van der Waals surface area contributed by atoms with Crippen LogP contribution in [0.5, 0.6) is 0 Å². The maximum atomic E-state index is 13.6. The molecule has 0 bridgehead atoms. The highest BCUT2D eigenvalue weighted by atomic mass is 19.4. The SMILES string of the molecule is COCC1(NC(=O)O)CCN(c2cccnc2NC(=O)c2nc(-c3ncccc3C(F)(F)F)cnc2N)C(C(C)(C)C)C1. The molecule has 4 rings (SSSR count). The fraction of sp³-hybridized carbons (Fsp3) is 0.429. The van der Waals surface area contributed by atoms with Gasteiger partial charge < -0.3 is 31.1 Å². The molecule has 1 aliphatic rings. The monoisotopic (exact) mass is 602 g/mol. The fourth-order valence-electron chi connectivity index (χ4n) is 5.33. The number of hydrogen-bond acceptors (Lipinski definition) is 9. The van der Waals surface area contributed by atoms with Crippen molar-refractivity contribution in [1.82, 2.24) is 25.3 Å². The Labute approximate surface area is 245 Å². The molecule has 0 aliphatic carbocycles. The van der Waals surface area contributed by atoms with Crippen molar-refractivity contribution in [3.63, 3.8) is 0 Å². The number of nitrogen functional groups attached to an aromatic ring is 1. The van der Waals surface area contributed by atoms with Gasteiger partial charge in [0.1, 0.15) is 11.4 Å². The molecule has 5 N–H and O–H groups in total. The Morgan fingerprint density at radius 1 is 1.16 bits per heavy atom. The maximum Gasteiger partial charge on any atom is 0.418 e. The van der Waals surface area contributed by atoms with Crippen LogP contribution in [0, 0.1) is 5.41 Å². The first-order valence-corrected chi connectivity index (χ1v) is 13.3. The summed E-state index contributed by atoms with van der Waals surface area (Å²) in [4.78, 5) is 43.3. The standard InChI is InChI=1S/C28H33F3N8O4/c1-26(2,3)19-13-27(15-43-4,38-25(41)42)9-12-39(19)18-8-6-11-34-23(18)37-24(40)21-22(32)35-14-17(36-21)20-16(28(29,30)31)7-5-10-33-20/h5-8,10-11,14,19,38H,9,12-13,15H2,1-4H3,(H2,32,35)(H,41,42)(H,34,37,40). The number of amides is 2. The first-order chi connectivity index (χ1) is 20.1. The Morgan fingerprint density at radius 2 is 1.86 bits per heavy atom. The number of carbonyl (C=O) groups excluding carboxylic acids is 1. The lowest BCUT2D eigenvalue weighted by molar-refractivity contribution is -0.137. The zero-order valence-electron chi connectivity index (χ0n) is 24.1. The quantitative estimate of drug-likeness (QED) is 0.303. The highest BCUT2D eigenvalue weighted by molar-refractivity contribution is 6.06. The van der Waals surface area contributed by atoms with Gasteiger partial charge in [0, 0.05) is 32.1 Å². The summed E-state index contributed by atoms with van der Waals surface area (Å²) in [6.45, 7) is 6.65. The molecule has 1 saturated heterocycles. The molecule has 15 heteroatoms. The van der Waals surface area contributed by atoms with Crippen LogP contribution in [0.3, 0.4) is 0 Å². The third-order valence-corrected chi connectivity index (χ3v) is 7.28. The lowest BCUT2D eigenvalue weighted by atomic mass is 9.73. The van der Waals surface area contributed by atoms with E-state index in [9.17, 15) is 27.9 Å². The molecule has 0 spiro atoms. The normalized spacial score (nSPS) is 19.1. The number of anilines is 3. The molecule has 1 aliphatic heterocycles. The zero-order chi connectivity index (χ0) is 31.6. The number of piperidine rings is 1. The third kappa shape index (κ3) is 6.93. The maximum absolute atomic E-state index is 13.6. The minimum Gasteiger partial charge on any atom is -0.465 e. The fourth-order valence-corrected chi connectivity index (χ4v) is 5.33. The number of nitrogens with one attached hydrogen (secondary N) is 2. The van der Waals surface area contributed by atoms with E-state index in [1.54, 1.807) is 12.1 Å². The molecule has 12 nitrogen and oxygen atoms in total. The van der Waals surface area contributed by atoms with Crippen LogP contribution in [0.2, 0.25) is 0 Å². The summed E-state index contributed by atoms with van der Waals surface area (Å²) in [5.74, 6) is -0.965. The molecule has 2 amide bonds. The Balaban J connectivity index is 1.68. The number of pyridine rings is 2. The lowest BCUT2D eigenvalue weighted by Crippen LogP contribution is -2.63. The van der Waals surface area contributed by atoms with Crippen LogP contribution in [0.1, 0.15) is 49.7 Å². The van der Waals surface area contributed by atoms with Gasteiger partial charge in [0.25, 0.3) is 5.91 Å². The van der Waals surface area contributed by atoms with E-state index < -0.39 is 40.7 Å². The van der Waals surface area contributed by atoms with Gasteiger partial charge in [0.05, 0.1) is 29.6 Å². The zero-order valence-corrected chi connectivity index (χ0v) is 24.1. The molecule has 43 heavy (non-hydrogen) atoms. The number of halogens is 3. The Hall–Kier alpha value is -4.53. The summed E-state index contributed by atoms with van der Waals surface area (Å²) in [7, 11) is 1.51. The number of nitrogens with two attached hydrogens (primary N) is 1. The van der Waals surface area contributed by atoms with Crippen LogP contribution in [-0.4, -0.2) is 68.9 Å². The van der Waals surface area contributed by atoms with Gasteiger partial charge in [-0.15, -0.1) is 0 Å². The number of rotatable bonds is 7. The smallest absolute Gasteiger partial charge is 0.418 e. The van der Waals surface area contributed by atoms with Crippen molar-refractivity contribution in [3.8, 4) is 11.4 Å². The average Bonchev–Trinajstić information content (AvgIpc) is 2.92. The number of carbonyl (C=O) groups is 2.